The lowest BCUT2D eigenvalue weighted by Crippen LogP contribution is -2.21. The standard InChI is InChI=1S/C12H16FN/c1-8-5-9(2)11(13)10(6-8)12(7-14)3-4-12/h5-6H,3-4,7,14H2,1-2H3. The molecule has 0 radical (unpaired) electrons. The summed E-state index contributed by atoms with van der Waals surface area (Å²) in [5.41, 5.74) is 8.35. The first-order chi connectivity index (χ1) is 6.59. The molecule has 1 saturated carbocycles. The van der Waals surface area contributed by atoms with Crippen molar-refractivity contribution in [3.8, 4) is 0 Å². The topological polar surface area (TPSA) is 26.0 Å². The van der Waals surface area contributed by atoms with Gasteiger partial charge in [0.15, 0.2) is 0 Å². The number of benzene rings is 1. The van der Waals surface area contributed by atoms with Crippen LogP contribution in [0.15, 0.2) is 12.1 Å². The van der Waals surface area contributed by atoms with E-state index in [9.17, 15) is 4.39 Å². The molecule has 76 valence electrons. The molecule has 0 saturated heterocycles. The molecule has 0 atom stereocenters. The fourth-order valence-corrected chi connectivity index (χ4v) is 2.07. The maximum atomic E-state index is 13.8. The van der Waals surface area contributed by atoms with Crippen LogP contribution in [0.3, 0.4) is 0 Å². The third-order valence-electron chi connectivity index (χ3n) is 3.21. The zero-order valence-electron chi connectivity index (χ0n) is 8.73. The fourth-order valence-electron chi connectivity index (χ4n) is 2.07. The van der Waals surface area contributed by atoms with Crippen LogP contribution in [0.1, 0.15) is 29.5 Å². The van der Waals surface area contributed by atoms with Crippen LogP contribution >= 0.6 is 0 Å². The van der Waals surface area contributed by atoms with Crippen molar-refractivity contribution in [2.24, 2.45) is 5.73 Å². The molecule has 1 aliphatic carbocycles. The minimum Gasteiger partial charge on any atom is -0.330 e. The molecule has 0 amide bonds. The second kappa shape index (κ2) is 3.06. The highest BCUT2D eigenvalue weighted by atomic mass is 19.1. The summed E-state index contributed by atoms with van der Waals surface area (Å²) in [6.07, 6.45) is 2.06. The average Bonchev–Trinajstić information content (AvgIpc) is 2.92. The zero-order chi connectivity index (χ0) is 10.3. The molecule has 1 fully saturated rings. The van der Waals surface area contributed by atoms with Crippen molar-refractivity contribution in [3.05, 3.63) is 34.6 Å². The van der Waals surface area contributed by atoms with E-state index in [0.717, 1.165) is 29.5 Å². The van der Waals surface area contributed by atoms with Crippen molar-refractivity contribution >= 4 is 0 Å². The molecule has 14 heavy (non-hydrogen) atoms. The normalized spacial score (nSPS) is 18.3. The highest BCUT2D eigenvalue weighted by Crippen LogP contribution is 2.48. The Hall–Kier alpha value is -0.890. The lowest BCUT2D eigenvalue weighted by molar-refractivity contribution is 0.565. The summed E-state index contributed by atoms with van der Waals surface area (Å²) in [5.74, 6) is -0.0569. The van der Waals surface area contributed by atoms with Gasteiger partial charge in [0.1, 0.15) is 5.82 Å². The third kappa shape index (κ3) is 1.34. The molecule has 2 heteroatoms. The van der Waals surface area contributed by atoms with Crippen LogP contribution in [0.5, 0.6) is 0 Å². The maximum absolute atomic E-state index is 13.8. The molecule has 2 rings (SSSR count). The molecule has 1 nitrogen and oxygen atoms in total. The average molecular weight is 193 g/mol. The van der Waals surface area contributed by atoms with Gasteiger partial charge in [-0.15, -0.1) is 0 Å². The molecule has 2 N–H and O–H groups in total. The Morgan fingerprint density at radius 3 is 2.50 bits per heavy atom. The lowest BCUT2D eigenvalue weighted by atomic mass is 9.92. The second-order valence-corrected chi connectivity index (χ2v) is 4.43. The molecule has 1 aliphatic rings. The Labute approximate surface area is 84.1 Å². The van der Waals surface area contributed by atoms with Crippen LogP contribution in [0.25, 0.3) is 0 Å². The number of nitrogens with two attached hydrogens (primary N) is 1. The zero-order valence-corrected chi connectivity index (χ0v) is 8.73. The van der Waals surface area contributed by atoms with E-state index in [1.54, 1.807) is 0 Å². The highest BCUT2D eigenvalue weighted by Gasteiger charge is 2.44. The Bertz CT molecular complexity index is 367. The van der Waals surface area contributed by atoms with Crippen LogP contribution in [0.2, 0.25) is 0 Å². The molecular weight excluding hydrogens is 177 g/mol. The fraction of sp³-hybridized carbons (Fsp3) is 0.500. The summed E-state index contributed by atoms with van der Waals surface area (Å²) in [6.45, 7) is 4.38. The van der Waals surface area contributed by atoms with Crippen LogP contribution in [0, 0.1) is 19.7 Å². The van der Waals surface area contributed by atoms with Crippen molar-refractivity contribution in [1.29, 1.82) is 0 Å². The van der Waals surface area contributed by atoms with E-state index in [1.807, 2.05) is 26.0 Å². The molecule has 1 aromatic rings. The maximum Gasteiger partial charge on any atom is 0.129 e. The highest BCUT2D eigenvalue weighted by molar-refractivity contribution is 5.39. The van der Waals surface area contributed by atoms with Gasteiger partial charge >= 0.3 is 0 Å². The molecular formula is C12H16FN. The van der Waals surface area contributed by atoms with Crippen molar-refractivity contribution in [3.63, 3.8) is 0 Å². The van der Waals surface area contributed by atoms with E-state index in [2.05, 4.69) is 0 Å². The Balaban J connectivity index is 2.52. The van der Waals surface area contributed by atoms with Crippen molar-refractivity contribution in [1.82, 2.24) is 0 Å². The van der Waals surface area contributed by atoms with Crippen LogP contribution in [-0.4, -0.2) is 6.54 Å². The van der Waals surface area contributed by atoms with Crippen molar-refractivity contribution < 1.29 is 4.39 Å². The van der Waals surface area contributed by atoms with E-state index >= 15 is 0 Å². The first kappa shape index (κ1) is 9.66. The van der Waals surface area contributed by atoms with Gasteiger partial charge in [-0.05, 0) is 37.8 Å². The van der Waals surface area contributed by atoms with Gasteiger partial charge in [0.25, 0.3) is 0 Å². The molecule has 0 spiro atoms. The van der Waals surface area contributed by atoms with Crippen molar-refractivity contribution in [2.75, 3.05) is 6.54 Å². The van der Waals surface area contributed by atoms with Gasteiger partial charge in [0.05, 0.1) is 0 Å². The Kier molecular flexibility index (Phi) is 2.11. The van der Waals surface area contributed by atoms with Crippen LogP contribution in [-0.2, 0) is 5.41 Å². The summed E-state index contributed by atoms with van der Waals surface area (Å²) in [6, 6.07) is 3.83. The van der Waals surface area contributed by atoms with E-state index in [0.29, 0.717) is 6.54 Å². The minimum atomic E-state index is -0.0569. The SMILES string of the molecule is Cc1cc(C)c(F)c(C2(CN)CC2)c1. The van der Waals surface area contributed by atoms with Gasteiger partial charge in [0.2, 0.25) is 0 Å². The van der Waals surface area contributed by atoms with Crippen LogP contribution in [0.4, 0.5) is 4.39 Å². The van der Waals surface area contributed by atoms with E-state index in [-0.39, 0.29) is 11.2 Å². The van der Waals surface area contributed by atoms with Gasteiger partial charge < -0.3 is 5.73 Å². The summed E-state index contributed by atoms with van der Waals surface area (Å²) >= 11 is 0. The Morgan fingerprint density at radius 2 is 2.00 bits per heavy atom. The number of hydrogen-bond acceptors (Lipinski definition) is 1. The van der Waals surface area contributed by atoms with Crippen LogP contribution < -0.4 is 5.73 Å². The summed E-state index contributed by atoms with van der Waals surface area (Å²) < 4.78 is 13.8. The van der Waals surface area contributed by atoms with Gasteiger partial charge in [-0.1, -0.05) is 17.7 Å². The molecule has 0 unspecified atom stereocenters. The predicted molar refractivity (Wildman–Crippen MR) is 55.8 cm³/mol. The van der Waals surface area contributed by atoms with Gasteiger partial charge in [-0.25, -0.2) is 4.39 Å². The predicted octanol–water partition coefficient (Wildman–Crippen LogP) is 2.43. The quantitative estimate of drug-likeness (QED) is 0.767. The summed E-state index contributed by atoms with van der Waals surface area (Å²) in [5, 5.41) is 0. The van der Waals surface area contributed by atoms with Gasteiger partial charge in [-0.3, -0.25) is 0 Å². The molecule has 1 aromatic carbocycles. The Morgan fingerprint density at radius 1 is 1.36 bits per heavy atom. The number of aryl methyl sites for hydroxylation is 2. The largest absolute Gasteiger partial charge is 0.330 e. The molecule has 0 aliphatic heterocycles. The van der Waals surface area contributed by atoms with Crippen molar-refractivity contribution in [2.45, 2.75) is 32.1 Å². The van der Waals surface area contributed by atoms with E-state index in [1.165, 1.54) is 0 Å². The summed E-state index contributed by atoms with van der Waals surface area (Å²) in [7, 11) is 0. The first-order valence-electron chi connectivity index (χ1n) is 5.06. The monoisotopic (exact) mass is 193 g/mol. The number of halogens is 1. The van der Waals surface area contributed by atoms with Gasteiger partial charge in [-0.2, -0.15) is 0 Å². The number of rotatable bonds is 2. The van der Waals surface area contributed by atoms with E-state index < -0.39 is 0 Å². The molecule has 0 heterocycles. The molecule has 0 bridgehead atoms. The lowest BCUT2D eigenvalue weighted by Gasteiger charge is -2.16. The first-order valence-corrected chi connectivity index (χ1v) is 5.06. The second-order valence-electron chi connectivity index (χ2n) is 4.43. The smallest absolute Gasteiger partial charge is 0.129 e. The van der Waals surface area contributed by atoms with Gasteiger partial charge in [0, 0.05) is 12.0 Å². The summed E-state index contributed by atoms with van der Waals surface area (Å²) in [4.78, 5) is 0. The third-order valence-corrected chi connectivity index (χ3v) is 3.21. The van der Waals surface area contributed by atoms with E-state index in [4.69, 9.17) is 5.73 Å². The minimum absolute atomic E-state index is 0.0408. The molecule has 0 aromatic heterocycles. The number of hydrogen-bond donors (Lipinski definition) is 1.